The Balaban J connectivity index is 1.84. The summed E-state index contributed by atoms with van der Waals surface area (Å²) in [6.45, 7) is 15.7. The molecule has 0 saturated carbocycles. The maximum Gasteiger partial charge on any atom is 0.494 e. The van der Waals surface area contributed by atoms with Gasteiger partial charge in [0.05, 0.1) is 11.2 Å². The summed E-state index contributed by atoms with van der Waals surface area (Å²) < 4.78 is 17.7. The quantitative estimate of drug-likeness (QED) is 0.423. The van der Waals surface area contributed by atoms with Crippen molar-refractivity contribution in [1.82, 2.24) is 0 Å². The van der Waals surface area contributed by atoms with E-state index in [-0.39, 0.29) is 24.3 Å². The minimum Gasteiger partial charge on any atom is -0.457 e. The van der Waals surface area contributed by atoms with Crippen LogP contribution >= 0.6 is 0 Å². The van der Waals surface area contributed by atoms with E-state index >= 15 is 0 Å². The third kappa shape index (κ3) is 4.73. The molecule has 2 aromatic rings. The molecule has 5 heteroatoms. The minimum atomic E-state index is -0.499. The SMILES string of the molecule is C/C(=C\C(=O)OC(C)(C)C)c1ccc2cc(B3OC(C)(C)C(C)(C)O3)ccc2c1. The Hall–Kier alpha value is -2.11. The van der Waals surface area contributed by atoms with Gasteiger partial charge in [-0.3, -0.25) is 0 Å². The van der Waals surface area contributed by atoms with Crippen LogP contribution in [0.3, 0.4) is 0 Å². The number of hydrogen-bond donors (Lipinski definition) is 0. The van der Waals surface area contributed by atoms with Crippen molar-refractivity contribution in [3.05, 3.63) is 48.0 Å². The van der Waals surface area contributed by atoms with Gasteiger partial charge in [-0.05, 0) is 88.8 Å². The van der Waals surface area contributed by atoms with E-state index in [1.165, 1.54) is 0 Å². The van der Waals surface area contributed by atoms with Crippen molar-refractivity contribution in [1.29, 1.82) is 0 Å². The molecule has 1 fully saturated rings. The third-order valence-electron chi connectivity index (χ3n) is 5.59. The van der Waals surface area contributed by atoms with Gasteiger partial charge in [-0.2, -0.15) is 0 Å². The van der Waals surface area contributed by atoms with Gasteiger partial charge in [0.1, 0.15) is 5.60 Å². The van der Waals surface area contributed by atoms with Crippen LogP contribution in [-0.2, 0) is 18.8 Å². The highest BCUT2D eigenvalue weighted by atomic mass is 16.7. The number of hydrogen-bond acceptors (Lipinski definition) is 4. The molecule has 3 rings (SSSR count). The largest absolute Gasteiger partial charge is 0.494 e. The summed E-state index contributed by atoms with van der Waals surface area (Å²) in [6, 6.07) is 12.4. The van der Waals surface area contributed by atoms with Crippen LogP contribution in [0.2, 0.25) is 0 Å². The number of rotatable bonds is 3. The van der Waals surface area contributed by atoms with Gasteiger partial charge in [-0.15, -0.1) is 0 Å². The lowest BCUT2D eigenvalue weighted by Gasteiger charge is -2.32. The summed E-state index contributed by atoms with van der Waals surface area (Å²) in [4.78, 5) is 12.1. The Bertz CT molecular complexity index is 950. The fraction of sp³-hybridized carbons (Fsp3) is 0.458. The van der Waals surface area contributed by atoms with Crippen LogP contribution in [-0.4, -0.2) is 29.9 Å². The van der Waals surface area contributed by atoms with Crippen molar-refractivity contribution in [3.8, 4) is 0 Å². The average Bonchev–Trinajstić information content (AvgIpc) is 2.79. The van der Waals surface area contributed by atoms with Crippen LogP contribution in [0.5, 0.6) is 0 Å². The summed E-state index contributed by atoms with van der Waals surface area (Å²) in [5.74, 6) is -0.328. The van der Waals surface area contributed by atoms with Gasteiger partial charge in [0.25, 0.3) is 0 Å². The molecule has 1 heterocycles. The lowest BCUT2D eigenvalue weighted by Crippen LogP contribution is -2.41. The molecule has 0 spiro atoms. The van der Waals surface area contributed by atoms with Gasteiger partial charge in [0.2, 0.25) is 0 Å². The molecule has 0 radical (unpaired) electrons. The van der Waals surface area contributed by atoms with Crippen molar-refractivity contribution in [2.45, 2.75) is 72.2 Å². The molecular formula is C24H31BO4. The van der Waals surface area contributed by atoms with E-state index in [9.17, 15) is 4.79 Å². The molecule has 0 aromatic heterocycles. The first-order chi connectivity index (χ1) is 13.3. The number of fused-ring (bicyclic) bond motifs is 1. The first kappa shape index (κ1) is 21.6. The van der Waals surface area contributed by atoms with E-state index in [2.05, 4.69) is 52.0 Å². The zero-order chi connectivity index (χ0) is 21.6. The average molecular weight is 394 g/mol. The highest BCUT2D eigenvalue weighted by Crippen LogP contribution is 2.36. The Kier molecular flexibility index (Phi) is 5.44. The predicted octanol–water partition coefficient (Wildman–Crippen LogP) is 4.88. The van der Waals surface area contributed by atoms with E-state index in [0.717, 1.165) is 27.4 Å². The van der Waals surface area contributed by atoms with Crippen LogP contribution in [0, 0.1) is 0 Å². The van der Waals surface area contributed by atoms with Crippen LogP contribution in [0.1, 0.15) is 61.0 Å². The lowest BCUT2D eigenvalue weighted by molar-refractivity contribution is -0.148. The number of benzene rings is 2. The standard InChI is InChI=1S/C24H31BO4/c1-16(13-21(26)27-22(2,3)4)17-9-10-19-15-20(12-11-18(19)14-17)25-28-23(5,6)24(7,8)29-25/h9-15H,1-8H3/b16-13+. The molecule has 0 unspecified atom stereocenters. The molecular weight excluding hydrogens is 363 g/mol. The molecule has 2 aromatic carbocycles. The summed E-state index contributed by atoms with van der Waals surface area (Å²) in [6.07, 6.45) is 1.55. The Morgan fingerprint density at radius 3 is 2.10 bits per heavy atom. The smallest absolute Gasteiger partial charge is 0.457 e. The second kappa shape index (κ2) is 7.30. The van der Waals surface area contributed by atoms with E-state index in [1.54, 1.807) is 6.08 Å². The van der Waals surface area contributed by atoms with Gasteiger partial charge in [0.15, 0.2) is 0 Å². The van der Waals surface area contributed by atoms with E-state index in [1.807, 2.05) is 39.8 Å². The molecule has 0 amide bonds. The van der Waals surface area contributed by atoms with Crippen molar-refractivity contribution >= 4 is 34.9 Å². The molecule has 1 aliphatic heterocycles. The number of ether oxygens (including phenoxy) is 1. The summed E-state index contributed by atoms with van der Waals surface area (Å²) in [7, 11) is -0.377. The molecule has 1 aliphatic rings. The van der Waals surface area contributed by atoms with Crippen LogP contribution in [0.15, 0.2) is 42.5 Å². The first-order valence-electron chi connectivity index (χ1n) is 10.1. The number of carbonyl (C=O) groups excluding carboxylic acids is 1. The fourth-order valence-electron chi connectivity index (χ4n) is 3.23. The molecule has 4 nitrogen and oxygen atoms in total. The van der Waals surface area contributed by atoms with E-state index < -0.39 is 5.60 Å². The number of allylic oxidation sites excluding steroid dienone is 1. The zero-order valence-electron chi connectivity index (χ0n) is 18.8. The molecule has 0 atom stereocenters. The Morgan fingerprint density at radius 2 is 1.52 bits per heavy atom. The molecule has 29 heavy (non-hydrogen) atoms. The minimum absolute atomic E-state index is 0.328. The zero-order valence-corrected chi connectivity index (χ0v) is 18.8. The van der Waals surface area contributed by atoms with Crippen molar-refractivity contribution in [2.24, 2.45) is 0 Å². The third-order valence-corrected chi connectivity index (χ3v) is 5.59. The van der Waals surface area contributed by atoms with Crippen LogP contribution in [0.4, 0.5) is 0 Å². The summed E-state index contributed by atoms with van der Waals surface area (Å²) in [5, 5.41) is 2.20. The topological polar surface area (TPSA) is 44.8 Å². The Labute approximate surface area is 174 Å². The second-order valence-electron chi connectivity index (χ2n) is 9.77. The maximum atomic E-state index is 12.1. The second-order valence-corrected chi connectivity index (χ2v) is 9.77. The number of carbonyl (C=O) groups is 1. The van der Waals surface area contributed by atoms with Crippen molar-refractivity contribution in [3.63, 3.8) is 0 Å². The van der Waals surface area contributed by atoms with Crippen molar-refractivity contribution < 1.29 is 18.8 Å². The monoisotopic (exact) mass is 394 g/mol. The van der Waals surface area contributed by atoms with Gasteiger partial charge in [-0.1, -0.05) is 30.3 Å². The first-order valence-corrected chi connectivity index (χ1v) is 10.1. The molecule has 154 valence electrons. The van der Waals surface area contributed by atoms with E-state index in [4.69, 9.17) is 14.0 Å². The van der Waals surface area contributed by atoms with Gasteiger partial charge < -0.3 is 14.0 Å². The predicted molar refractivity (Wildman–Crippen MR) is 119 cm³/mol. The lowest BCUT2D eigenvalue weighted by atomic mass is 9.78. The Morgan fingerprint density at radius 1 is 0.966 bits per heavy atom. The molecule has 0 aliphatic carbocycles. The highest BCUT2D eigenvalue weighted by Gasteiger charge is 2.51. The van der Waals surface area contributed by atoms with Crippen molar-refractivity contribution in [2.75, 3.05) is 0 Å². The molecule has 0 bridgehead atoms. The summed E-state index contributed by atoms with van der Waals surface area (Å²) >= 11 is 0. The summed E-state index contributed by atoms with van der Waals surface area (Å²) in [5.41, 5.74) is 1.65. The van der Waals surface area contributed by atoms with Crippen LogP contribution < -0.4 is 5.46 Å². The molecule has 1 saturated heterocycles. The van der Waals surface area contributed by atoms with Crippen LogP contribution in [0.25, 0.3) is 16.3 Å². The van der Waals surface area contributed by atoms with Gasteiger partial charge >= 0.3 is 13.1 Å². The van der Waals surface area contributed by atoms with Gasteiger partial charge in [-0.25, -0.2) is 4.79 Å². The fourth-order valence-corrected chi connectivity index (χ4v) is 3.23. The normalized spacial score (nSPS) is 18.9. The number of esters is 1. The maximum absolute atomic E-state index is 12.1. The molecule has 0 N–H and O–H groups in total. The highest BCUT2D eigenvalue weighted by molar-refractivity contribution is 6.62. The van der Waals surface area contributed by atoms with E-state index in [0.29, 0.717) is 0 Å². The van der Waals surface area contributed by atoms with Gasteiger partial charge in [0, 0.05) is 6.08 Å².